The molecule has 4 heterocycles. The average molecular weight is 429 g/mol. The molecule has 4 nitrogen and oxygen atoms in total. The van der Waals surface area contributed by atoms with Gasteiger partial charge in [0.2, 0.25) is 10.0 Å². The normalized spacial score (nSPS) is 29.0. The van der Waals surface area contributed by atoms with Gasteiger partial charge in [-0.3, -0.25) is 0 Å². The van der Waals surface area contributed by atoms with Crippen LogP contribution in [0.3, 0.4) is 0 Å². The predicted octanol–water partition coefficient (Wildman–Crippen LogP) is 3.98. The molecule has 1 unspecified atom stereocenters. The fourth-order valence-corrected chi connectivity index (χ4v) is 7.42. The highest BCUT2D eigenvalue weighted by molar-refractivity contribution is 7.89. The Morgan fingerprint density at radius 2 is 1.60 bits per heavy atom. The number of piperidine rings is 3. The topological polar surface area (TPSA) is 40.6 Å². The molecule has 0 aromatic heterocycles. The van der Waals surface area contributed by atoms with Crippen LogP contribution in [0.1, 0.15) is 48.4 Å². The Labute approximate surface area is 178 Å². The van der Waals surface area contributed by atoms with Gasteiger partial charge in [-0.25, -0.2) is 12.8 Å². The van der Waals surface area contributed by atoms with Gasteiger partial charge in [0.25, 0.3) is 0 Å². The molecule has 2 aromatic carbocycles. The summed E-state index contributed by atoms with van der Waals surface area (Å²) in [5.41, 5.74) is 3.22. The van der Waals surface area contributed by atoms with E-state index >= 15 is 0 Å². The maximum Gasteiger partial charge on any atom is 0.215 e. The first-order valence-corrected chi connectivity index (χ1v) is 12.6. The van der Waals surface area contributed by atoms with Gasteiger partial charge in [0.15, 0.2) is 0 Å². The molecular formula is C24H29FN2O2S. The molecular weight excluding hydrogens is 399 g/mol. The zero-order chi connectivity index (χ0) is 20.8. The molecule has 4 aliphatic rings. The van der Waals surface area contributed by atoms with E-state index in [9.17, 15) is 12.8 Å². The van der Waals surface area contributed by atoms with Crippen LogP contribution >= 0.6 is 0 Å². The number of benzene rings is 2. The molecule has 1 atom stereocenters. The Kier molecular flexibility index (Phi) is 5.20. The summed E-state index contributed by atoms with van der Waals surface area (Å²) in [6.45, 7) is 3.79. The van der Waals surface area contributed by atoms with Crippen molar-refractivity contribution in [2.45, 2.75) is 38.1 Å². The molecule has 6 heteroatoms. The average Bonchev–Trinajstić information content (AvgIpc) is 2.79. The molecule has 3 fully saturated rings. The molecule has 0 radical (unpaired) electrons. The van der Waals surface area contributed by atoms with Crippen molar-refractivity contribution in [2.75, 3.05) is 31.9 Å². The molecule has 0 saturated carbocycles. The Morgan fingerprint density at radius 3 is 2.30 bits per heavy atom. The Morgan fingerprint density at radius 1 is 0.933 bits per heavy atom. The predicted molar refractivity (Wildman–Crippen MR) is 116 cm³/mol. The maximum atomic E-state index is 13.6. The summed E-state index contributed by atoms with van der Waals surface area (Å²) >= 11 is 0. The number of sulfonamides is 1. The van der Waals surface area contributed by atoms with Crippen LogP contribution in [0.4, 0.5) is 4.39 Å². The lowest BCUT2D eigenvalue weighted by atomic mass is 9.70. The van der Waals surface area contributed by atoms with Gasteiger partial charge in [-0.15, -0.1) is 0 Å². The monoisotopic (exact) mass is 428 g/mol. The smallest absolute Gasteiger partial charge is 0.215 e. The lowest BCUT2D eigenvalue weighted by Crippen LogP contribution is -2.49. The van der Waals surface area contributed by atoms with E-state index in [0.29, 0.717) is 13.0 Å². The summed E-state index contributed by atoms with van der Waals surface area (Å²) in [6.07, 6.45) is 4.82. The molecule has 0 amide bonds. The third-order valence-corrected chi connectivity index (χ3v) is 9.38. The van der Waals surface area contributed by atoms with E-state index in [1.165, 1.54) is 17.7 Å². The van der Waals surface area contributed by atoms with E-state index in [4.69, 9.17) is 0 Å². The highest BCUT2D eigenvalue weighted by Gasteiger charge is 2.42. The quantitative estimate of drug-likeness (QED) is 0.723. The third-order valence-electron chi connectivity index (χ3n) is 7.55. The van der Waals surface area contributed by atoms with Gasteiger partial charge < -0.3 is 4.90 Å². The molecule has 0 N–H and O–H groups in total. The molecule has 160 valence electrons. The van der Waals surface area contributed by atoms with Gasteiger partial charge in [0.05, 0.1) is 11.8 Å². The van der Waals surface area contributed by atoms with Crippen molar-refractivity contribution in [3.8, 4) is 0 Å². The Bertz CT molecular complexity index is 1000. The number of halogens is 1. The van der Waals surface area contributed by atoms with E-state index in [2.05, 4.69) is 11.0 Å². The highest BCUT2D eigenvalue weighted by Crippen LogP contribution is 2.44. The molecule has 0 spiro atoms. The maximum absolute atomic E-state index is 13.6. The van der Waals surface area contributed by atoms with Crippen molar-refractivity contribution in [2.24, 2.45) is 5.41 Å². The number of hydrogen-bond donors (Lipinski definition) is 0. The summed E-state index contributed by atoms with van der Waals surface area (Å²) in [7, 11) is -3.44. The van der Waals surface area contributed by atoms with Gasteiger partial charge in [-0.1, -0.05) is 36.4 Å². The van der Waals surface area contributed by atoms with E-state index in [-0.39, 0.29) is 23.0 Å². The second kappa shape index (κ2) is 7.74. The van der Waals surface area contributed by atoms with Gasteiger partial charge in [0, 0.05) is 6.54 Å². The van der Waals surface area contributed by atoms with Crippen LogP contribution in [0.2, 0.25) is 0 Å². The van der Waals surface area contributed by atoms with Crippen LogP contribution in [-0.4, -0.2) is 49.6 Å². The number of hydrogen-bond acceptors (Lipinski definition) is 3. The zero-order valence-corrected chi connectivity index (χ0v) is 18.1. The van der Waals surface area contributed by atoms with Gasteiger partial charge in [-0.05, 0) is 86.0 Å². The summed E-state index contributed by atoms with van der Waals surface area (Å²) in [5, 5.41) is 0. The van der Waals surface area contributed by atoms with Gasteiger partial charge in [0.1, 0.15) is 5.82 Å². The first-order chi connectivity index (χ1) is 14.5. The van der Waals surface area contributed by atoms with E-state index in [0.717, 1.165) is 56.4 Å². The van der Waals surface area contributed by atoms with Gasteiger partial charge in [-0.2, -0.15) is 4.31 Å². The molecule has 3 saturated heterocycles. The molecule has 2 bridgehead atoms. The Balaban J connectivity index is 1.44. The van der Waals surface area contributed by atoms with E-state index in [1.54, 1.807) is 16.4 Å². The fraction of sp³-hybridized carbons (Fsp3) is 0.500. The summed E-state index contributed by atoms with van der Waals surface area (Å²) < 4.78 is 42.4. The van der Waals surface area contributed by atoms with Crippen LogP contribution in [0.15, 0.2) is 48.5 Å². The number of fused-ring (bicyclic) bond motifs is 4. The summed E-state index contributed by atoms with van der Waals surface area (Å²) in [6, 6.07) is 14.0. The van der Waals surface area contributed by atoms with Crippen LogP contribution in [0.5, 0.6) is 0 Å². The van der Waals surface area contributed by atoms with Crippen molar-refractivity contribution in [3.63, 3.8) is 0 Å². The second-order valence-corrected chi connectivity index (χ2v) is 11.2. The van der Waals surface area contributed by atoms with Crippen molar-refractivity contribution in [1.82, 2.24) is 9.21 Å². The molecule has 30 heavy (non-hydrogen) atoms. The second-order valence-electron chi connectivity index (χ2n) is 9.17. The minimum Gasteiger partial charge on any atom is -0.303 e. The number of rotatable bonds is 5. The fourth-order valence-electron chi connectivity index (χ4n) is 5.57. The lowest BCUT2D eigenvalue weighted by Gasteiger charge is -2.49. The first kappa shape index (κ1) is 20.2. The Hall–Kier alpha value is -1.76. The minimum absolute atomic E-state index is 0.195. The SMILES string of the molecule is O=S(=O)(CCC12CCN(CC1)CC2)N1CCc2ccccc2C1c1ccc(F)cc1. The highest BCUT2D eigenvalue weighted by atomic mass is 32.2. The van der Waals surface area contributed by atoms with Crippen LogP contribution in [0, 0.1) is 11.2 Å². The van der Waals surface area contributed by atoms with Crippen molar-refractivity contribution in [3.05, 3.63) is 71.0 Å². The van der Waals surface area contributed by atoms with Crippen molar-refractivity contribution >= 4 is 10.0 Å². The van der Waals surface area contributed by atoms with Crippen LogP contribution < -0.4 is 0 Å². The van der Waals surface area contributed by atoms with Crippen molar-refractivity contribution < 1.29 is 12.8 Å². The van der Waals surface area contributed by atoms with E-state index < -0.39 is 10.0 Å². The third kappa shape index (κ3) is 3.70. The lowest BCUT2D eigenvalue weighted by molar-refractivity contribution is 0.0239. The standard InChI is InChI=1S/C24H29FN2O2S/c25-21-7-5-20(6-8-21)23-22-4-2-1-3-19(22)9-14-27(23)30(28,29)18-13-24-10-15-26(16-11-24)17-12-24/h1-8,23H,9-18H2. The minimum atomic E-state index is -3.44. The number of nitrogens with zero attached hydrogens (tertiary/aromatic N) is 2. The summed E-state index contributed by atoms with van der Waals surface area (Å²) in [4.78, 5) is 2.49. The molecule has 0 aliphatic carbocycles. The zero-order valence-electron chi connectivity index (χ0n) is 17.3. The van der Waals surface area contributed by atoms with Crippen LogP contribution in [0.25, 0.3) is 0 Å². The molecule has 6 rings (SSSR count). The first-order valence-electron chi connectivity index (χ1n) is 11.0. The molecule has 4 aliphatic heterocycles. The van der Waals surface area contributed by atoms with Crippen molar-refractivity contribution in [1.29, 1.82) is 0 Å². The molecule has 2 aromatic rings. The largest absolute Gasteiger partial charge is 0.303 e. The van der Waals surface area contributed by atoms with E-state index in [1.807, 2.05) is 18.2 Å². The van der Waals surface area contributed by atoms with Crippen LogP contribution in [-0.2, 0) is 16.4 Å². The van der Waals surface area contributed by atoms with Gasteiger partial charge >= 0.3 is 0 Å². The summed E-state index contributed by atoms with van der Waals surface area (Å²) in [5.74, 6) is -0.104.